The molecule has 0 aliphatic heterocycles. The van der Waals surface area contributed by atoms with Gasteiger partial charge in [-0.15, -0.1) is 0 Å². The average Bonchev–Trinajstić information content (AvgIpc) is 2.55. The molecule has 0 bridgehead atoms. The summed E-state index contributed by atoms with van der Waals surface area (Å²) in [6.45, 7) is 2.69. The maximum atomic E-state index is 11.2. The molecule has 0 spiro atoms. The highest BCUT2D eigenvalue weighted by Gasteiger charge is 1.99. The lowest BCUT2D eigenvalue weighted by molar-refractivity contribution is -0.142. The number of nitrogens with zero attached hydrogens (tertiary/aromatic N) is 1. The highest BCUT2D eigenvalue weighted by Crippen LogP contribution is 2.14. The van der Waals surface area contributed by atoms with Crippen LogP contribution < -0.4 is 4.74 Å². The lowest BCUT2D eigenvalue weighted by Crippen LogP contribution is -2.01. The van der Waals surface area contributed by atoms with E-state index in [1.54, 1.807) is 25.4 Å². The van der Waals surface area contributed by atoms with E-state index in [4.69, 9.17) is 9.47 Å². The number of hydrogen-bond donors (Lipinski definition) is 0. The van der Waals surface area contributed by atoms with Crippen molar-refractivity contribution in [3.63, 3.8) is 0 Å². The molecule has 0 saturated carbocycles. The largest absolute Gasteiger partial charge is 0.487 e. The summed E-state index contributed by atoms with van der Waals surface area (Å²) in [6, 6.07) is 11.8. The van der Waals surface area contributed by atoms with E-state index >= 15 is 0 Å². The number of rotatable bonds is 7. The summed E-state index contributed by atoms with van der Waals surface area (Å²) in [5.41, 5.74) is 1.99. The molecule has 114 valence electrons. The summed E-state index contributed by atoms with van der Waals surface area (Å²) >= 11 is 0. The summed E-state index contributed by atoms with van der Waals surface area (Å²) < 4.78 is 10.6. The molecule has 4 nitrogen and oxygen atoms in total. The molecule has 0 aliphatic carbocycles. The van der Waals surface area contributed by atoms with Gasteiger partial charge in [0.1, 0.15) is 12.4 Å². The SMILES string of the molecule is CCOC(=O)CC=Cc1cncc(OCc2ccccc2)c1. The van der Waals surface area contributed by atoms with E-state index in [2.05, 4.69) is 4.98 Å². The Bertz CT molecular complexity index is 623. The Morgan fingerprint density at radius 2 is 2.05 bits per heavy atom. The first kappa shape index (κ1) is 15.8. The summed E-state index contributed by atoms with van der Waals surface area (Å²) in [4.78, 5) is 15.4. The van der Waals surface area contributed by atoms with Crippen LogP contribution in [-0.4, -0.2) is 17.6 Å². The molecule has 0 unspecified atom stereocenters. The van der Waals surface area contributed by atoms with Crippen molar-refractivity contribution in [3.8, 4) is 5.75 Å². The van der Waals surface area contributed by atoms with Crippen molar-refractivity contribution < 1.29 is 14.3 Å². The zero-order chi connectivity index (χ0) is 15.6. The first-order valence-corrected chi connectivity index (χ1v) is 7.22. The Kier molecular flexibility index (Phi) is 6.18. The molecular formula is C18H19NO3. The van der Waals surface area contributed by atoms with Crippen LogP contribution in [0, 0.1) is 0 Å². The maximum Gasteiger partial charge on any atom is 0.309 e. The summed E-state index contributed by atoms with van der Waals surface area (Å²) in [5, 5.41) is 0. The molecule has 0 N–H and O–H groups in total. The topological polar surface area (TPSA) is 48.4 Å². The quantitative estimate of drug-likeness (QED) is 0.732. The van der Waals surface area contributed by atoms with Gasteiger partial charge >= 0.3 is 5.97 Å². The summed E-state index contributed by atoms with van der Waals surface area (Å²) in [7, 11) is 0. The monoisotopic (exact) mass is 297 g/mol. The van der Waals surface area contributed by atoms with E-state index in [0.717, 1.165) is 11.1 Å². The van der Waals surface area contributed by atoms with E-state index < -0.39 is 0 Å². The minimum absolute atomic E-state index is 0.233. The van der Waals surface area contributed by atoms with Crippen LogP contribution in [0.3, 0.4) is 0 Å². The molecule has 1 heterocycles. The van der Waals surface area contributed by atoms with Crippen molar-refractivity contribution in [2.24, 2.45) is 0 Å². The van der Waals surface area contributed by atoms with Gasteiger partial charge < -0.3 is 9.47 Å². The minimum atomic E-state index is -0.233. The van der Waals surface area contributed by atoms with Gasteiger partial charge in [0.15, 0.2) is 0 Å². The molecule has 0 saturated heterocycles. The molecule has 22 heavy (non-hydrogen) atoms. The molecule has 1 aromatic carbocycles. The predicted molar refractivity (Wildman–Crippen MR) is 85.3 cm³/mol. The minimum Gasteiger partial charge on any atom is -0.487 e. The van der Waals surface area contributed by atoms with Crippen LogP contribution in [0.4, 0.5) is 0 Å². The number of carbonyl (C=O) groups is 1. The van der Waals surface area contributed by atoms with Gasteiger partial charge in [-0.3, -0.25) is 9.78 Å². The van der Waals surface area contributed by atoms with Gasteiger partial charge in [0.25, 0.3) is 0 Å². The summed E-state index contributed by atoms with van der Waals surface area (Å²) in [5.74, 6) is 0.463. The zero-order valence-electron chi connectivity index (χ0n) is 12.6. The van der Waals surface area contributed by atoms with Gasteiger partial charge in [-0.05, 0) is 24.1 Å². The molecule has 0 amide bonds. The molecule has 0 fully saturated rings. The molecule has 1 aromatic heterocycles. The molecular weight excluding hydrogens is 278 g/mol. The second-order valence-electron chi connectivity index (χ2n) is 4.64. The highest BCUT2D eigenvalue weighted by atomic mass is 16.5. The van der Waals surface area contributed by atoms with Crippen molar-refractivity contribution >= 4 is 12.0 Å². The predicted octanol–water partition coefficient (Wildman–Crippen LogP) is 3.63. The van der Waals surface area contributed by atoms with Gasteiger partial charge in [-0.2, -0.15) is 0 Å². The van der Waals surface area contributed by atoms with Crippen molar-refractivity contribution in [3.05, 3.63) is 66.0 Å². The fourth-order valence-electron chi connectivity index (χ4n) is 1.86. The molecule has 0 aliphatic rings. The Balaban J connectivity index is 1.89. The molecule has 4 heteroatoms. The first-order valence-electron chi connectivity index (χ1n) is 7.22. The number of pyridine rings is 1. The third-order valence-electron chi connectivity index (χ3n) is 2.88. The Hall–Kier alpha value is -2.62. The van der Waals surface area contributed by atoms with Gasteiger partial charge in [0.05, 0.1) is 19.2 Å². The van der Waals surface area contributed by atoms with Crippen molar-refractivity contribution in [1.29, 1.82) is 0 Å². The van der Waals surface area contributed by atoms with Gasteiger partial charge in [-0.1, -0.05) is 42.5 Å². The van der Waals surface area contributed by atoms with Crippen LogP contribution in [0.2, 0.25) is 0 Å². The van der Waals surface area contributed by atoms with Gasteiger partial charge in [-0.25, -0.2) is 0 Å². The van der Waals surface area contributed by atoms with Crippen LogP contribution in [0.5, 0.6) is 5.75 Å². The lowest BCUT2D eigenvalue weighted by Gasteiger charge is -2.06. The van der Waals surface area contributed by atoms with Crippen LogP contribution in [0.1, 0.15) is 24.5 Å². The highest BCUT2D eigenvalue weighted by molar-refractivity contribution is 5.72. The Morgan fingerprint density at radius 1 is 1.23 bits per heavy atom. The molecule has 2 aromatic rings. The third-order valence-corrected chi connectivity index (χ3v) is 2.88. The second-order valence-corrected chi connectivity index (χ2v) is 4.64. The third kappa shape index (κ3) is 5.40. The molecule has 0 radical (unpaired) electrons. The fourth-order valence-corrected chi connectivity index (χ4v) is 1.86. The van der Waals surface area contributed by atoms with Crippen molar-refractivity contribution in [2.45, 2.75) is 20.0 Å². The Morgan fingerprint density at radius 3 is 2.82 bits per heavy atom. The molecule has 0 atom stereocenters. The van der Waals surface area contributed by atoms with Crippen LogP contribution in [0.25, 0.3) is 6.08 Å². The van der Waals surface area contributed by atoms with Crippen LogP contribution in [0.15, 0.2) is 54.9 Å². The van der Waals surface area contributed by atoms with Crippen molar-refractivity contribution in [1.82, 2.24) is 4.98 Å². The number of carbonyl (C=O) groups excluding carboxylic acids is 1. The van der Waals surface area contributed by atoms with E-state index in [9.17, 15) is 4.79 Å². The first-order chi connectivity index (χ1) is 10.8. The van der Waals surface area contributed by atoms with Crippen molar-refractivity contribution in [2.75, 3.05) is 6.61 Å². The lowest BCUT2D eigenvalue weighted by atomic mass is 10.2. The standard InChI is InChI=1S/C18H19NO3/c1-2-21-18(20)10-6-9-16-11-17(13-19-12-16)22-14-15-7-4-3-5-8-15/h3-9,11-13H,2,10,14H2,1H3. The van der Waals surface area contributed by atoms with Gasteiger partial charge in [0, 0.05) is 6.20 Å². The normalized spacial score (nSPS) is 10.6. The summed E-state index contributed by atoms with van der Waals surface area (Å²) in [6.07, 6.45) is 7.24. The van der Waals surface area contributed by atoms with E-state index in [1.807, 2.05) is 42.5 Å². The molecule has 2 rings (SSSR count). The number of benzene rings is 1. The average molecular weight is 297 g/mol. The number of esters is 1. The van der Waals surface area contributed by atoms with E-state index in [-0.39, 0.29) is 12.4 Å². The zero-order valence-corrected chi connectivity index (χ0v) is 12.6. The smallest absolute Gasteiger partial charge is 0.309 e. The second kappa shape index (κ2) is 8.62. The van der Waals surface area contributed by atoms with Gasteiger partial charge in [0.2, 0.25) is 0 Å². The fraction of sp³-hybridized carbons (Fsp3) is 0.222. The van der Waals surface area contributed by atoms with Crippen LogP contribution >= 0.6 is 0 Å². The number of hydrogen-bond acceptors (Lipinski definition) is 4. The number of ether oxygens (including phenoxy) is 2. The van der Waals surface area contributed by atoms with E-state index in [1.165, 1.54) is 0 Å². The van der Waals surface area contributed by atoms with Crippen LogP contribution in [-0.2, 0) is 16.1 Å². The van der Waals surface area contributed by atoms with E-state index in [0.29, 0.717) is 19.0 Å². The maximum absolute atomic E-state index is 11.2. The Labute approximate surface area is 130 Å². The number of aromatic nitrogens is 1.